The third kappa shape index (κ3) is 9.25. The summed E-state index contributed by atoms with van der Waals surface area (Å²) in [5.74, 6) is -0.911. The van der Waals surface area contributed by atoms with Gasteiger partial charge in [-0.1, -0.05) is 12.8 Å². The van der Waals surface area contributed by atoms with Gasteiger partial charge in [0.15, 0.2) is 6.04 Å². The number of nitrogens with one attached hydrogen (secondary N) is 1. The van der Waals surface area contributed by atoms with Gasteiger partial charge in [0.1, 0.15) is 6.10 Å². The number of carbonyl (C=O) groups excluding carboxylic acids is 1. The van der Waals surface area contributed by atoms with E-state index in [1.54, 1.807) is 0 Å². The van der Waals surface area contributed by atoms with Crippen LogP contribution in [0.25, 0.3) is 0 Å². The van der Waals surface area contributed by atoms with E-state index < -0.39 is 32.3 Å². The van der Waals surface area contributed by atoms with E-state index in [0.717, 1.165) is 25.0 Å². The number of carboxylic acid groups (broad SMARTS) is 1. The first-order valence-electron chi connectivity index (χ1n) is 6.34. The van der Waals surface area contributed by atoms with Crippen molar-refractivity contribution in [1.29, 1.82) is 0 Å². The van der Waals surface area contributed by atoms with Crippen LogP contribution in [0.3, 0.4) is 0 Å². The molecule has 0 aliphatic heterocycles. The lowest BCUT2D eigenvalue weighted by atomic mass is 10.1. The zero-order valence-corrected chi connectivity index (χ0v) is 13.1. The van der Waals surface area contributed by atoms with E-state index in [2.05, 4.69) is 22.5 Å². The third-order valence-corrected chi connectivity index (χ3v) is 3.45. The topological polar surface area (TPSA) is 113 Å². The number of hydrogen-bond donors (Lipinski definition) is 4. The lowest BCUT2D eigenvalue weighted by molar-refractivity contribution is -0.144. The van der Waals surface area contributed by atoms with Crippen LogP contribution in [-0.4, -0.2) is 39.8 Å². The van der Waals surface area contributed by atoms with Crippen molar-refractivity contribution in [3.63, 3.8) is 0 Å². The van der Waals surface area contributed by atoms with Gasteiger partial charge >= 0.3 is 14.2 Å². The van der Waals surface area contributed by atoms with Crippen LogP contribution in [0.2, 0.25) is 0 Å². The second kappa shape index (κ2) is 11.0. The number of hydrogen-bond acceptors (Lipinski definition) is 5. The fraction of sp³-hybridized carbons (Fsp3) is 0.818. The lowest BCUT2D eigenvalue weighted by Crippen LogP contribution is -2.48. The molecule has 1 amide bonds. The zero-order chi connectivity index (χ0) is 15.5. The maximum atomic E-state index is 11.6. The number of carboxylic acids is 1. The van der Waals surface area contributed by atoms with Crippen LogP contribution in [0.5, 0.6) is 0 Å². The molecule has 7 nitrogen and oxygen atoms in total. The Balaban J connectivity index is 4.14. The van der Waals surface area contributed by atoms with Gasteiger partial charge in [-0.3, -0.25) is 4.79 Å². The Morgan fingerprint density at radius 3 is 2.40 bits per heavy atom. The minimum Gasteiger partial charge on any atom is -0.480 e. The molecule has 0 radical (unpaired) electrons. The van der Waals surface area contributed by atoms with Gasteiger partial charge in [-0.15, -0.1) is 9.42 Å². The van der Waals surface area contributed by atoms with Crippen molar-refractivity contribution in [2.75, 3.05) is 5.75 Å². The third-order valence-electron chi connectivity index (χ3n) is 2.62. The number of rotatable bonds is 11. The maximum Gasteiger partial charge on any atom is 0.695 e. The molecule has 0 bridgehead atoms. The minimum absolute atomic E-state index is 0.217. The normalized spacial score (nSPS) is 14.4. The molecule has 3 N–H and O–H groups in total. The SMILES string of the molecule is C[C@@H](O[P+](=O)O)[C@H](NC(=O)CCCCCCS)C(=O)O. The second-order valence-corrected chi connectivity index (χ2v) is 5.45. The largest absolute Gasteiger partial charge is 0.695 e. The minimum atomic E-state index is -2.91. The van der Waals surface area contributed by atoms with Gasteiger partial charge in [-0.05, 0) is 25.5 Å². The maximum absolute atomic E-state index is 11.6. The lowest BCUT2D eigenvalue weighted by Gasteiger charge is -2.16. The summed E-state index contributed by atoms with van der Waals surface area (Å²) >= 11 is 4.08. The quantitative estimate of drug-likeness (QED) is 0.260. The summed E-state index contributed by atoms with van der Waals surface area (Å²) < 4.78 is 15.0. The summed E-state index contributed by atoms with van der Waals surface area (Å²) in [4.78, 5) is 31.2. The summed E-state index contributed by atoms with van der Waals surface area (Å²) in [5.41, 5.74) is 0. The summed E-state index contributed by atoms with van der Waals surface area (Å²) in [6.07, 6.45) is 2.62. The van der Waals surface area contributed by atoms with Crippen molar-refractivity contribution in [3.05, 3.63) is 0 Å². The highest BCUT2D eigenvalue weighted by atomic mass is 32.1. The summed E-state index contributed by atoms with van der Waals surface area (Å²) in [6, 6.07) is -1.34. The molecular formula is C11H21NO6PS+. The van der Waals surface area contributed by atoms with Gasteiger partial charge < -0.3 is 10.4 Å². The highest BCUT2D eigenvalue weighted by molar-refractivity contribution is 7.80. The van der Waals surface area contributed by atoms with E-state index in [1.165, 1.54) is 6.92 Å². The molecule has 0 aliphatic rings. The van der Waals surface area contributed by atoms with Gasteiger partial charge in [0.05, 0.1) is 0 Å². The van der Waals surface area contributed by atoms with Crippen molar-refractivity contribution in [2.24, 2.45) is 0 Å². The predicted molar refractivity (Wildman–Crippen MR) is 76.9 cm³/mol. The second-order valence-electron chi connectivity index (χ2n) is 4.32. The molecule has 0 spiro atoms. The average molecular weight is 326 g/mol. The summed E-state index contributed by atoms with van der Waals surface area (Å²) in [6.45, 7) is 1.31. The highest BCUT2D eigenvalue weighted by Gasteiger charge is 2.33. The van der Waals surface area contributed by atoms with E-state index in [-0.39, 0.29) is 6.42 Å². The monoisotopic (exact) mass is 326 g/mol. The van der Waals surface area contributed by atoms with E-state index in [0.29, 0.717) is 6.42 Å². The fourth-order valence-corrected chi connectivity index (χ4v) is 2.21. The molecule has 0 aromatic carbocycles. The molecule has 116 valence electrons. The van der Waals surface area contributed by atoms with Crippen molar-refractivity contribution in [1.82, 2.24) is 5.32 Å². The van der Waals surface area contributed by atoms with Crippen LogP contribution >= 0.6 is 20.9 Å². The Bertz CT molecular complexity index is 341. The van der Waals surface area contributed by atoms with Crippen LogP contribution < -0.4 is 5.32 Å². The number of amides is 1. The molecule has 0 fully saturated rings. The smallest absolute Gasteiger partial charge is 0.480 e. The van der Waals surface area contributed by atoms with Crippen molar-refractivity contribution in [3.8, 4) is 0 Å². The number of unbranched alkanes of at least 4 members (excludes halogenated alkanes) is 3. The molecule has 3 atom stereocenters. The molecule has 9 heteroatoms. The zero-order valence-electron chi connectivity index (χ0n) is 11.3. The van der Waals surface area contributed by atoms with Crippen LogP contribution in [0.4, 0.5) is 0 Å². The Morgan fingerprint density at radius 1 is 1.30 bits per heavy atom. The van der Waals surface area contributed by atoms with Gasteiger partial charge in [0, 0.05) is 11.0 Å². The molecular weight excluding hydrogens is 305 g/mol. The van der Waals surface area contributed by atoms with Crippen molar-refractivity contribution < 1.29 is 28.7 Å². The van der Waals surface area contributed by atoms with Crippen LogP contribution in [0.15, 0.2) is 0 Å². The molecule has 0 aromatic heterocycles. The van der Waals surface area contributed by atoms with Crippen molar-refractivity contribution >= 4 is 32.8 Å². The van der Waals surface area contributed by atoms with Crippen LogP contribution in [-0.2, 0) is 18.7 Å². The Hall–Kier alpha value is -0.690. The molecule has 0 saturated carbocycles. The fourth-order valence-electron chi connectivity index (χ4n) is 1.58. The molecule has 0 aliphatic carbocycles. The predicted octanol–water partition coefficient (Wildman–Crippen LogP) is 1.49. The Kier molecular flexibility index (Phi) is 10.6. The summed E-state index contributed by atoms with van der Waals surface area (Å²) in [7, 11) is -2.91. The Labute approximate surface area is 124 Å². The molecule has 0 saturated heterocycles. The Morgan fingerprint density at radius 2 is 1.90 bits per heavy atom. The molecule has 0 aromatic rings. The first kappa shape index (κ1) is 19.3. The van der Waals surface area contributed by atoms with Gasteiger partial charge in [0.2, 0.25) is 5.91 Å². The van der Waals surface area contributed by atoms with Crippen LogP contribution in [0, 0.1) is 0 Å². The van der Waals surface area contributed by atoms with E-state index in [1.807, 2.05) is 0 Å². The van der Waals surface area contributed by atoms with E-state index in [4.69, 9.17) is 10.00 Å². The molecule has 20 heavy (non-hydrogen) atoms. The average Bonchev–Trinajstić information content (AvgIpc) is 2.34. The standard InChI is InChI=1S/C11H20NO6PS/c1-8(18-19(16)17)10(11(14)15)12-9(13)6-4-2-3-5-7-20/h8,10H,2-7H2,1H3,(H3-,12,13,14,15,16,17,20)/p+1/t8-,10+/m1/s1. The van der Waals surface area contributed by atoms with Crippen LogP contribution in [0.1, 0.15) is 39.0 Å². The molecule has 1 unspecified atom stereocenters. The first-order valence-corrected chi connectivity index (χ1v) is 8.10. The van der Waals surface area contributed by atoms with Gasteiger partial charge in [-0.25, -0.2) is 4.79 Å². The molecule has 0 heterocycles. The highest BCUT2D eigenvalue weighted by Crippen LogP contribution is 2.19. The number of aliphatic carboxylic acids is 1. The van der Waals surface area contributed by atoms with Gasteiger partial charge in [-0.2, -0.15) is 12.6 Å². The van der Waals surface area contributed by atoms with Gasteiger partial charge in [0.25, 0.3) is 0 Å². The first-order chi connectivity index (χ1) is 9.38. The van der Waals surface area contributed by atoms with Crippen molar-refractivity contribution in [2.45, 2.75) is 51.2 Å². The molecule has 0 rings (SSSR count). The van der Waals surface area contributed by atoms with E-state index in [9.17, 15) is 14.2 Å². The van der Waals surface area contributed by atoms with E-state index >= 15 is 0 Å². The number of thiol groups is 1. The summed E-state index contributed by atoms with van der Waals surface area (Å²) in [5, 5.41) is 11.3. The number of carbonyl (C=O) groups is 2.